The fourth-order valence-corrected chi connectivity index (χ4v) is 1.58. The minimum atomic E-state index is -0.777. The van der Waals surface area contributed by atoms with Gasteiger partial charge in [0.1, 0.15) is 4.47 Å². The van der Waals surface area contributed by atoms with E-state index in [-0.39, 0.29) is 18.0 Å². The molecule has 0 aromatic carbocycles. The summed E-state index contributed by atoms with van der Waals surface area (Å²) >= 11 is 3.09. The highest BCUT2D eigenvalue weighted by atomic mass is 79.9. The first-order valence-electron chi connectivity index (χ1n) is 4.59. The molecule has 0 spiro atoms. The Morgan fingerprint density at radius 3 is 2.88 bits per heavy atom. The van der Waals surface area contributed by atoms with Crippen LogP contribution in [0.5, 0.6) is 0 Å². The highest BCUT2D eigenvalue weighted by Crippen LogP contribution is 2.17. The molecular formula is C9H13BrN4O2. The summed E-state index contributed by atoms with van der Waals surface area (Å²) in [5.41, 5.74) is 1.07. The van der Waals surface area contributed by atoms with Crippen LogP contribution in [0.2, 0.25) is 0 Å². The summed E-state index contributed by atoms with van der Waals surface area (Å²) in [5, 5.41) is 0. The number of rotatable bonds is 3. The number of carbonyl (C=O) groups is 1. The summed E-state index contributed by atoms with van der Waals surface area (Å²) in [7, 11) is 0. The highest BCUT2D eigenvalue weighted by Gasteiger charge is 2.28. The maximum atomic E-state index is 11.7. The third-order valence-corrected chi connectivity index (χ3v) is 2.71. The van der Waals surface area contributed by atoms with Crippen LogP contribution in [0.4, 0.5) is 0 Å². The summed E-state index contributed by atoms with van der Waals surface area (Å²) in [5.74, 6) is 4.73. The SMILES string of the molecule is CC(C)(Cn1cncc(Br)c1=O)C(=O)NN. The molecule has 0 atom stereocenters. The molecule has 0 aliphatic rings. The molecule has 0 aliphatic heterocycles. The first kappa shape index (κ1) is 12.9. The fraction of sp³-hybridized carbons (Fsp3) is 0.444. The largest absolute Gasteiger partial charge is 0.297 e. The number of carbonyl (C=O) groups excluding carboxylic acids is 1. The normalized spacial score (nSPS) is 11.2. The molecule has 3 N–H and O–H groups in total. The van der Waals surface area contributed by atoms with E-state index in [0.717, 1.165) is 0 Å². The Kier molecular flexibility index (Phi) is 3.82. The molecule has 88 valence electrons. The van der Waals surface area contributed by atoms with Gasteiger partial charge < -0.3 is 0 Å². The molecule has 1 rings (SSSR count). The van der Waals surface area contributed by atoms with Gasteiger partial charge in [-0.3, -0.25) is 19.6 Å². The zero-order valence-corrected chi connectivity index (χ0v) is 10.6. The smallest absolute Gasteiger partial charge is 0.267 e. The number of nitrogens with two attached hydrogens (primary N) is 1. The van der Waals surface area contributed by atoms with Crippen molar-refractivity contribution in [2.75, 3.05) is 0 Å². The molecule has 0 saturated heterocycles. The van der Waals surface area contributed by atoms with E-state index in [2.05, 4.69) is 26.3 Å². The Balaban J connectivity index is 3.01. The summed E-state index contributed by atoms with van der Waals surface area (Å²) in [6.07, 6.45) is 2.80. The van der Waals surface area contributed by atoms with E-state index in [1.54, 1.807) is 13.8 Å². The van der Waals surface area contributed by atoms with Crippen molar-refractivity contribution in [3.63, 3.8) is 0 Å². The summed E-state index contributed by atoms with van der Waals surface area (Å²) in [6, 6.07) is 0. The van der Waals surface area contributed by atoms with Gasteiger partial charge in [-0.25, -0.2) is 10.8 Å². The van der Waals surface area contributed by atoms with Gasteiger partial charge in [-0.05, 0) is 29.8 Å². The highest BCUT2D eigenvalue weighted by molar-refractivity contribution is 9.10. The van der Waals surface area contributed by atoms with E-state index < -0.39 is 5.41 Å². The van der Waals surface area contributed by atoms with Gasteiger partial charge in [-0.2, -0.15) is 0 Å². The first-order valence-corrected chi connectivity index (χ1v) is 5.39. The summed E-state index contributed by atoms with van der Waals surface area (Å²) < 4.78 is 1.72. The maximum absolute atomic E-state index is 11.7. The standard InChI is InChI=1S/C9H13BrN4O2/c1-9(2,8(16)13-11)4-14-5-12-3-6(10)7(14)15/h3,5H,4,11H2,1-2H3,(H,13,16). The second-order valence-corrected chi connectivity index (χ2v) is 4.89. The van der Waals surface area contributed by atoms with Gasteiger partial charge in [0.15, 0.2) is 0 Å². The summed E-state index contributed by atoms with van der Waals surface area (Å²) in [4.78, 5) is 27.0. The predicted molar refractivity (Wildman–Crippen MR) is 62.3 cm³/mol. The van der Waals surface area contributed by atoms with E-state index in [0.29, 0.717) is 4.47 Å². The average Bonchev–Trinajstić information content (AvgIpc) is 2.23. The van der Waals surface area contributed by atoms with E-state index >= 15 is 0 Å². The first-order chi connectivity index (χ1) is 7.38. The van der Waals surface area contributed by atoms with Crippen LogP contribution < -0.4 is 16.8 Å². The third kappa shape index (κ3) is 2.67. The molecule has 1 aromatic rings. The molecular weight excluding hydrogens is 276 g/mol. The van der Waals surface area contributed by atoms with Crippen molar-refractivity contribution in [2.45, 2.75) is 20.4 Å². The molecule has 1 aromatic heterocycles. The second-order valence-electron chi connectivity index (χ2n) is 4.03. The Morgan fingerprint density at radius 2 is 2.31 bits per heavy atom. The number of hydrogen-bond acceptors (Lipinski definition) is 4. The fourth-order valence-electron chi connectivity index (χ4n) is 1.23. The number of hydrogen-bond donors (Lipinski definition) is 2. The lowest BCUT2D eigenvalue weighted by molar-refractivity contribution is -0.130. The Morgan fingerprint density at radius 1 is 1.69 bits per heavy atom. The van der Waals surface area contributed by atoms with Crippen LogP contribution >= 0.6 is 15.9 Å². The Bertz CT molecular complexity index is 455. The Hall–Kier alpha value is -1.21. The molecule has 1 heterocycles. The van der Waals surface area contributed by atoms with Crippen LogP contribution in [-0.4, -0.2) is 15.5 Å². The number of hydrazine groups is 1. The minimum absolute atomic E-state index is 0.210. The number of halogens is 1. The molecule has 6 nitrogen and oxygen atoms in total. The van der Waals surface area contributed by atoms with Crippen LogP contribution in [-0.2, 0) is 11.3 Å². The van der Waals surface area contributed by atoms with Gasteiger partial charge in [0.2, 0.25) is 5.91 Å². The van der Waals surface area contributed by atoms with Gasteiger partial charge in [0.05, 0.1) is 11.7 Å². The van der Waals surface area contributed by atoms with Crippen molar-refractivity contribution in [1.29, 1.82) is 0 Å². The van der Waals surface area contributed by atoms with Gasteiger partial charge in [-0.15, -0.1) is 0 Å². The Labute approximate surface area is 101 Å². The van der Waals surface area contributed by atoms with Crippen LogP contribution in [0.3, 0.4) is 0 Å². The predicted octanol–water partition coefficient (Wildman–Crippen LogP) is 0.0219. The molecule has 1 amide bonds. The minimum Gasteiger partial charge on any atom is -0.297 e. The molecule has 0 unspecified atom stereocenters. The van der Waals surface area contributed by atoms with E-state index in [9.17, 15) is 9.59 Å². The molecule has 0 radical (unpaired) electrons. The van der Waals surface area contributed by atoms with Crippen molar-refractivity contribution >= 4 is 21.8 Å². The van der Waals surface area contributed by atoms with Gasteiger partial charge >= 0.3 is 0 Å². The van der Waals surface area contributed by atoms with Crippen molar-refractivity contribution in [2.24, 2.45) is 11.3 Å². The van der Waals surface area contributed by atoms with Crippen LogP contribution in [0.1, 0.15) is 13.8 Å². The topological polar surface area (TPSA) is 90.0 Å². The van der Waals surface area contributed by atoms with E-state index in [1.165, 1.54) is 17.1 Å². The second kappa shape index (κ2) is 4.75. The maximum Gasteiger partial charge on any atom is 0.267 e. The lowest BCUT2D eigenvalue weighted by Crippen LogP contribution is -2.44. The number of nitrogens with one attached hydrogen (secondary N) is 1. The van der Waals surface area contributed by atoms with Gasteiger partial charge in [-0.1, -0.05) is 0 Å². The number of nitrogens with zero attached hydrogens (tertiary/aromatic N) is 2. The number of amides is 1. The molecule has 16 heavy (non-hydrogen) atoms. The van der Waals surface area contributed by atoms with Crippen molar-refractivity contribution < 1.29 is 4.79 Å². The quantitative estimate of drug-likeness (QED) is 0.466. The zero-order valence-electron chi connectivity index (χ0n) is 9.03. The van der Waals surface area contributed by atoms with Crippen LogP contribution in [0, 0.1) is 5.41 Å². The molecule has 0 saturated carbocycles. The van der Waals surface area contributed by atoms with Crippen LogP contribution in [0.15, 0.2) is 21.8 Å². The van der Waals surface area contributed by atoms with E-state index in [1.807, 2.05) is 0 Å². The van der Waals surface area contributed by atoms with E-state index in [4.69, 9.17) is 5.84 Å². The van der Waals surface area contributed by atoms with Crippen molar-refractivity contribution in [3.8, 4) is 0 Å². The molecule has 0 bridgehead atoms. The zero-order chi connectivity index (χ0) is 12.3. The van der Waals surface area contributed by atoms with Crippen molar-refractivity contribution in [3.05, 3.63) is 27.4 Å². The summed E-state index contributed by atoms with van der Waals surface area (Å²) in [6.45, 7) is 3.60. The number of aromatic nitrogens is 2. The lowest BCUT2D eigenvalue weighted by atomic mass is 9.92. The van der Waals surface area contributed by atoms with Gasteiger partial charge in [0.25, 0.3) is 5.56 Å². The average molecular weight is 289 g/mol. The molecule has 0 fully saturated rings. The van der Waals surface area contributed by atoms with Gasteiger partial charge in [0, 0.05) is 12.7 Å². The van der Waals surface area contributed by atoms with Crippen LogP contribution in [0.25, 0.3) is 0 Å². The molecule has 7 heteroatoms. The lowest BCUT2D eigenvalue weighted by Gasteiger charge is -2.22. The molecule has 0 aliphatic carbocycles. The monoisotopic (exact) mass is 288 g/mol. The third-order valence-electron chi connectivity index (χ3n) is 2.17. The van der Waals surface area contributed by atoms with Crippen molar-refractivity contribution in [1.82, 2.24) is 15.0 Å².